The van der Waals surface area contributed by atoms with Crippen molar-refractivity contribution in [1.29, 1.82) is 0 Å². The van der Waals surface area contributed by atoms with E-state index in [2.05, 4.69) is 26.2 Å². The van der Waals surface area contributed by atoms with Gasteiger partial charge in [0.15, 0.2) is 0 Å². The Balaban J connectivity index is 1.32. The molecule has 254 valence electrons. The van der Waals surface area contributed by atoms with Crippen LogP contribution in [0.2, 0.25) is 0 Å². The molecule has 1 aliphatic carbocycles. The minimum Gasteiger partial charge on any atom is -0.497 e. The van der Waals surface area contributed by atoms with Crippen molar-refractivity contribution >= 4 is 31.9 Å². The number of carbonyl (C=O) groups is 1. The standard InChI is InChI=1S/C33H39BrF2N4O6S/c1-4-5-25(28(36)16-41)26-10-21(26)12-31-37-14-27(34)32(39-31)19-6-7-20-15-40(47(44,45)30(20)11-19)18(2)33(43)38-29(17-42)22-8-23(35)13-24(9-22)46-3/h6-9,11,13-14,18,21,25-26,28-29,41-42H,4-5,10,12,15-17H2,1-3H3,(H,38,43)/t18-,21?,25?,26?,28?,29-/m1/s1. The van der Waals surface area contributed by atoms with Gasteiger partial charge in [0.1, 0.15) is 29.6 Å². The molecule has 14 heteroatoms. The summed E-state index contributed by atoms with van der Waals surface area (Å²) in [6.45, 7) is 2.39. The van der Waals surface area contributed by atoms with E-state index in [0.717, 1.165) is 23.2 Å². The number of nitrogens with zero attached hydrogens (tertiary/aromatic N) is 3. The second-order valence-electron chi connectivity index (χ2n) is 12.2. The molecule has 5 rings (SSSR count). The van der Waals surface area contributed by atoms with Gasteiger partial charge in [-0.1, -0.05) is 25.5 Å². The fourth-order valence-corrected chi connectivity index (χ4v) is 8.69. The number of alkyl halides is 1. The number of amides is 1. The van der Waals surface area contributed by atoms with Crippen LogP contribution in [0.25, 0.3) is 11.3 Å². The van der Waals surface area contributed by atoms with Crippen LogP contribution in [-0.4, -0.2) is 71.3 Å². The predicted molar refractivity (Wildman–Crippen MR) is 174 cm³/mol. The second kappa shape index (κ2) is 14.6. The third kappa shape index (κ3) is 7.51. The molecule has 1 aliphatic heterocycles. The van der Waals surface area contributed by atoms with Crippen LogP contribution in [0, 0.1) is 23.6 Å². The average molecular weight is 738 g/mol. The molecule has 4 unspecified atom stereocenters. The lowest BCUT2D eigenvalue weighted by molar-refractivity contribution is -0.125. The van der Waals surface area contributed by atoms with Crippen LogP contribution in [0.5, 0.6) is 5.75 Å². The summed E-state index contributed by atoms with van der Waals surface area (Å²) < 4.78 is 62.7. The Hall–Kier alpha value is -3.04. The fraction of sp³-hybridized carbons (Fsp3) is 0.485. The van der Waals surface area contributed by atoms with Gasteiger partial charge in [-0.25, -0.2) is 27.2 Å². The van der Waals surface area contributed by atoms with Crippen LogP contribution in [0.3, 0.4) is 0 Å². The number of rotatable bonds is 14. The molecule has 2 heterocycles. The van der Waals surface area contributed by atoms with Crippen molar-refractivity contribution < 1.29 is 36.9 Å². The lowest BCUT2D eigenvalue weighted by Gasteiger charge is -2.25. The summed E-state index contributed by atoms with van der Waals surface area (Å²) in [7, 11) is -2.73. The van der Waals surface area contributed by atoms with E-state index in [1.54, 1.807) is 18.3 Å². The number of aromatic nitrogens is 2. The number of sulfonamides is 1. The number of fused-ring (bicyclic) bond motifs is 1. The third-order valence-electron chi connectivity index (χ3n) is 9.12. The number of aliphatic hydroxyl groups is 2. The van der Waals surface area contributed by atoms with Crippen molar-refractivity contribution in [3.63, 3.8) is 0 Å². The first kappa shape index (κ1) is 35.3. The summed E-state index contributed by atoms with van der Waals surface area (Å²) in [4.78, 5) is 22.5. The van der Waals surface area contributed by atoms with Crippen molar-refractivity contribution in [2.75, 3.05) is 20.3 Å². The molecule has 1 saturated carbocycles. The van der Waals surface area contributed by atoms with Gasteiger partial charge in [-0.3, -0.25) is 4.79 Å². The summed E-state index contributed by atoms with van der Waals surface area (Å²) in [5.74, 6) is -0.325. The number of hydrogen-bond acceptors (Lipinski definition) is 8. The maximum absolute atomic E-state index is 14.4. The number of ether oxygens (including phenoxy) is 1. The number of hydrogen-bond donors (Lipinski definition) is 3. The zero-order chi connectivity index (χ0) is 34.0. The minimum atomic E-state index is -4.10. The van der Waals surface area contributed by atoms with E-state index in [-0.39, 0.29) is 40.5 Å². The highest BCUT2D eigenvalue weighted by molar-refractivity contribution is 9.10. The van der Waals surface area contributed by atoms with Crippen LogP contribution >= 0.6 is 15.9 Å². The van der Waals surface area contributed by atoms with Crippen molar-refractivity contribution in [3.05, 3.63) is 69.8 Å². The van der Waals surface area contributed by atoms with Gasteiger partial charge in [0, 0.05) is 30.8 Å². The number of aliphatic hydroxyl groups excluding tert-OH is 2. The summed E-state index contributed by atoms with van der Waals surface area (Å²) in [6.07, 6.45) is 3.31. The Labute approximate surface area is 281 Å². The Morgan fingerprint density at radius 2 is 1.98 bits per heavy atom. The molecule has 0 spiro atoms. The number of carbonyl (C=O) groups excluding carboxylic acids is 1. The highest BCUT2D eigenvalue weighted by Gasteiger charge is 2.46. The highest BCUT2D eigenvalue weighted by Crippen LogP contribution is 2.49. The van der Waals surface area contributed by atoms with Gasteiger partial charge in [0.2, 0.25) is 15.9 Å². The van der Waals surface area contributed by atoms with Crippen LogP contribution in [0.1, 0.15) is 56.1 Å². The highest BCUT2D eigenvalue weighted by atomic mass is 79.9. The summed E-state index contributed by atoms with van der Waals surface area (Å²) in [6, 6.07) is 6.68. The number of benzene rings is 2. The zero-order valence-electron chi connectivity index (χ0n) is 26.4. The normalized spacial score (nSPS) is 21.0. The molecule has 0 bridgehead atoms. The number of halogens is 3. The Bertz CT molecular complexity index is 1730. The van der Waals surface area contributed by atoms with Gasteiger partial charge < -0.3 is 20.3 Å². The lowest BCUT2D eigenvalue weighted by Crippen LogP contribution is -2.46. The van der Waals surface area contributed by atoms with Gasteiger partial charge in [-0.2, -0.15) is 4.31 Å². The van der Waals surface area contributed by atoms with Gasteiger partial charge in [-0.15, -0.1) is 0 Å². The molecule has 0 radical (unpaired) electrons. The average Bonchev–Trinajstić information content (AvgIpc) is 3.76. The molecule has 0 saturated heterocycles. The Morgan fingerprint density at radius 3 is 2.66 bits per heavy atom. The first-order valence-electron chi connectivity index (χ1n) is 15.6. The molecular formula is C33H39BrF2N4O6S. The Morgan fingerprint density at radius 1 is 1.21 bits per heavy atom. The molecule has 1 amide bonds. The molecule has 10 nitrogen and oxygen atoms in total. The van der Waals surface area contributed by atoms with Crippen LogP contribution in [-0.2, 0) is 27.8 Å². The fourth-order valence-electron chi connectivity index (χ4n) is 6.46. The van der Waals surface area contributed by atoms with E-state index in [1.807, 2.05) is 6.92 Å². The van der Waals surface area contributed by atoms with E-state index in [0.29, 0.717) is 40.0 Å². The zero-order valence-corrected chi connectivity index (χ0v) is 28.8. The minimum absolute atomic E-state index is 0.0360. The topological polar surface area (TPSA) is 142 Å². The van der Waals surface area contributed by atoms with Gasteiger partial charge in [-0.05, 0) is 82.8 Å². The van der Waals surface area contributed by atoms with Crippen molar-refractivity contribution in [3.8, 4) is 17.0 Å². The third-order valence-corrected chi connectivity index (χ3v) is 11.7. The van der Waals surface area contributed by atoms with Crippen LogP contribution in [0.15, 0.2) is 52.0 Å². The molecule has 1 fully saturated rings. The lowest BCUT2D eigenvalue weighted by atomic mass is 9.91. The summed E-state index contributed by atoms with van der Waals surface area (Å²) in [5, 5.41) is 21.9. The van der Waals surface area contributed by atoms with Crippen molar-refractivity contribution in [1.82, 2.24) is 19.6 Å². The molecular weight excluding hydrogens is 698 g/mol. The first-order valence-corrected chi connectivity index (χ1v) is 17.8. The predicted octanol–water partition coefficient (Wildman–Crippen LogP) is 4.72. The van der Waals surface area contributed by atoms with Gasteiger partial charge in [0.05, 0.1) is 41.4 Å². The largest absolute Gasteiger partial charge is 0.497 e. The van der Waals surface area contributed by atoms with E-state index in [4.69, 9.17) is 9.72 Å². The molecule has 3 N–H and O–H groups in total. The smallest absolute Gasteiger partial charge is 0.244 e. The molecule has 47 heavy (non-hydrogen) atoms. The summed E-state index contributed by atoms with van der Waals surface area (Å²) >= 11 is 3.49. The number of nitrogens with one attached hydrogen (secondary N) is 1. The Kier molecular flexibility index (Phi) is 11.0. The maximum atomic E-state index is 14.4. The maximum Gasteiger partial charge on any atom is 0.244 e. The number of methoxy groups -OCH3 is 1. The van der Waals surface area contributed by atoms with E-state index >= 15 is 0 Å². The first-order chi connectivity index (χ1) is 22.4. The monoisotopic (exact) mass is 736 g/mol. The van der Waals surface area contributed by atoms with E-state index in [1.165, 1.54) is 32.2 Å². The van der Waals surface area contributed by atoms with E-state index in [9.17, 15) is 32.2 Å². The molecule has 2 aromatic carbocycles. The van der Waals surface area contributed by atoms with E-state index < -0.39 is 53.2 Å². The molecule has 2 aliphatic rings. The van der Waals surface area contributed by atoms with Crippen molar-refractivity contribution in [2.45, 2.75) is 69.2 Å². The SMILES string of the molecule is CCCC(C(F)CO)C1CC1Cc1ncc(Br)c(-c2ccc3c(c2)S(=O)(=O)N([C@H](C)C(=O)N[C@H](CO)c2cc(F)cc(OC)c2)C3)n1. The molecule has 1 aromatic heterocycles. The summed E-state index contributed by atoms with van der Waals surface area (Å²) in [5.41, 5.74) is 1.84. The van der Waals surface area contributed by atoms with Crippen LogP contribution in [0.4, 0.5) is 8.78 Å². The quantitative estimate of drug-likeness (QED) is 0.216. The molecule has 6 atom stereocenters. The van der Waals surface area contributed by atoms with Crippen molar-refractivity contribution in [2.24, 2.45) is 17.8 Å². The second-order valence-corrected chi connectivity index (χ2v) is 14.9. The van der Waals surface area contributed by atoms with Crippen LogP contribution < -0.4 is 10.1 Å². The van der Waals surface area contributed by atoms with Gasteiger partial charge >= 0.3 is 0 Å². The molecule has 3 aromatic rings. The van der Waals surface area contributed by atoms with Gasteiger partial charge in [0.25, 0.3) is 0 Å².